The summed E-state index contributed by atoms with van der Waals surface area (Å²) in [6.07, 6.45) is 0. The van der Waals surface area contributed by atoms with Gasteiger partial charge in [-0.25, -0.2) is 0 Å². The summed E-state index contributed by atoms with van der Waals surface area (Å²) in [5, 5.41) is 16.0. The number of anilines is 1. The van der Waals surface area contributed by atoms with Gasteiger partial charge in [-0.05, 0) is 41.5 Å². The maximum absolute atomic E-state index is 11.8. The molecule has 0 atom stereocenters. The van der Waals surface area contributed by atoms with E-state index in [9.17, 15) is 9.59 Å². The second-order valence-electron chi connectivity index (χ2n) is 7.81. The van der Waals surface area contributed by atoms with Crippen LogP contribution in [0.1, 0.15) is 73.9 Å². The Bertz CT molecular complexity index is 1060. The molecule has 3 heterocycles. The smallest absolute Gasteiger partial charge is 0.258 e. The number of hydrogen-bond acceptors (Lipinski definition) is 10. The Morgan fingerprint density at radius 2 is 1.13 bits per heavy atom. The molecular weight excluding hydrogens is 400 g/mol. The summed E-state index contributed by atoms with van der Waals surface area (Å²) in [6, 6.07) is 0.190. The third-order valence-corrected chi connectivity index (χ3v) is 4.78. The van der Waals surface area contributed by atoms with Crippen LogP contribution >= 0.6 is 0 Å². The summed E-state index contributed by atoms with van der Waals surface area (Å²) in [7, 11) is 0. The molecule has 31 heavy (non-hydrogen) atoms. The molecule has 0 aliphatic rings. The lowest BCUT2D eigenvalue weighted by Gasteiger charge is -2.30. The molecule has 0 spiro atoms. The number of carbonyl (C=O) groups is 2. The van der Waals surface area contributed by atoms with Crippen molar-refractivity contribution in [2.24, 2.45) is 0 Å². The topological polar surface area (TPSA) is 137 Å². The van der Waals surface area contributed by atoms with Crippen molar-refractivity contribution in [3.05, 3.63) is 22.8 Å². The maximum Gasteiger partial charge on any atom is 0.258 e. The van der Waals surface area contributed by atoms with E-state index in [0.717, 1.165) is 0 Å². The van der Waals surface area contributed by atoms with E-state index in [1.807, 2.05) is 32.6 Å². The first kappa shape index (κ1) is 22.1. The van der Waals surface area contributed by atoms with Gasteiger partial charge in [-0.3, -0.25) is 9.59 Å². The summed E-state index contributed by atoms with van der Waals surface area (Å²) in [5.41, 5.74) is 1.50. The molecule has 0 N–H and O–H groups in total. The molecule has 0 saturated heterocycles. The lowest BCUT2D eigenvalue weighted by molar-refractivity contribution is 0.0999. The second-order valence-corrected chi connectivity index (χ2v) is 7.81. The third-order valence-electron chi connectivity index (χ3n) is 4.78. The van der Waals surface area contributed by atoms with Crippen LogP contribution in [-0.4, -0.2) is 68.6 Å². The van der Waals surface area contributed by atoms with Gasteiger partial charge < -0.3 is 4.90 Å². The first-order valence-electron chi connectivity index (χ1n) is 9.94. The highest BCUT2D eigenvalue weighted by atomic mass is 16.1. The van der Waals surface area contributed by atoms with Crippen molar-refractivity contribution >= 4 is 17.5 Å². The Labute approximate surface area is 179 Å². The number of rotatable bonds is 7. The van der Waals surface area contributed by atoms with Crippen LogP contribution in [0.2, 0.25) is 0 Å². The SMILES string of the molecule is CC(=O)c1nnn(-c2nc(N(C(C)C)C(C)C)nc(-n3nnc(C(C)=O)c3C)n2)c1C. The normalized spacial score (nSPS) is 11.4. The van der Waals surface area contributed by atoms with Crippen LogP contribution in [0.3, 0.4) is 0 Å². The van der Waals surface area contributed by atoms with Crippen LogP contribution in [0, 0.1) is 13.8 Å². The van der Waals surface area contributed by atoms with Gasteiger partial charge in [-0.2, -0.15) is 24.3 Å². The Balaban J connectivity index is 2.27. The lowest BCUT2D eigenvalue weighted by atomic mass is 10.2. The highest BCUT2D eigenvalue weighted by Crippen LogP contribution is 2.20. The predicted molar refractivity (Wildman–Crippen MR) is 112 cm³/mol. The van der Waals surface area contributed by atoms with Crippen molar-refractivity contribution in [2.75, 3.05) is 4.90 Å². The van der Waals surface area contributed by atoms with E-state index in [2.05, 4.69) is 35.6 Å². The van der Waals surface area contributed by atoms with E-state index in [4.69, 9.17) is 0 Å². The van der Waals surface area contributed by atoms with Crippen molar-refractivity contribution in [1.82, 2.24) is 44.9 Å². The average Bonchev–Trinajstić information content (AvgIpc) is 3.23. The van der Waals surface area contributed by atoms with E-state index in [0.29, 0.717) is 17.3 Å². The van der Waals surface area contributed by atoms with Crippen LogP contribution in [0.25, 0.3) is 11.9 Å². The monoisotopic (exact) mass is 426 g/mol. The number of carbonyl (C=O) groups excluding carboxylic acids is 2. The molecule has 0 saturated carbocycles. The van der Waals surface area contributed by atoms with E-state index in [-0.39, 0.29) is 46.9 Å². The molecule has 12 heteroatoms. The summed E-state index contributed by atoms with van der Waals surface area (Å²) >= 11 is 0. The molecular formula is C19H26N10O2. The van der Waals surface area contributed by atoms with Crippen LogP contribution in [0.15, 0.2) is 0 Å². The van der Waals surface area contributed by atoms with Gasteiger partial charge in [0.05, 0.1) is 11.4 Å². The minimum absolute atomic E-state index is 0.0948. The highest BCUT2D eigenvalue weighted by molar-refractivity contribution is 5.93. The number of hydrogen-bond donors (Lipinski definition) is 0. The number of nitrogens with zero attached hydrogens (tertiary/aromatic N) is 10. The van der Waals surface area contributed by atoms with E-state index >= 15 is 0 Å². The molecule has 0 unspecified atom stereocenters. The largest absolute Gasteiger partial charge is 0.336 e. The van der Waals surface area contributed by atoms with Crippen LogP contribution < -0.4 is 4.90 Å². The molecule has 3 aromatic heterocycles. The van der Waals surface area contributed by atoms with E-state index in [1.165, 1.54) is 23.2 Å². The van der Waals surface area contributed by atoms with Crippen LogP contribution in [0.5, 0.6) is 0 Å². The Morgan fingerprint density at radius 3 is 1.42 bits per heavy atom. The van der Waals surface area contributed by atoms with Crippen molar-refractivity contribution in [3.8, 4) is 11.9 Å². The summed E-state index contributed by atoms with van der Waals surface area (Å²) in [5.74, 6) is 0.361. The van der Waals surface area contributed by atoms with Gasteiger partial charge in [0.1, 0.15) is 0 Å². The molecule has 0 aliphatic carbocycles. The number of Topliss-reactive ketones (excluding diaryl/α,β-unsaturated/α-hetero) is 2. The zero-order valence-corrected chi connectivity index (χ0v) is 18.9. The maximum atomic E-state index is 11.8. The molecule has 12 nitrogen and oxygen atoms in total. The molecule has 0 fully saturated rings. The zero-order chi connectivity index (χ0) is 23.0. The number of aromatic nitrogens is 9. The van der Waals surface area contributed by atoms with Gasteiger partial charge in [-0.1, -0.05) is 10.4 Å². The average molecular weight is 426 g/mol. The van der Waals surface area contributed by atoms with Gasteiger partial charge in [0.25, 0.3) is 11.9 Å². The third kappa shape index (κ3) is 4.05. The van der Waals surface area contributed by atoms with Gasteiger partial charge in [-0.15, -0.1) is 10.2 Å². The van der Waals surface area contributed by atoms with Crippen molar-refractivity contribution < 1.29 is 9.59 Å². The predicted octanol–water partition coefficient (Wildman–Crippen LogP) is 1.68. The fourth-order valence-corrected chi connectivity index (χ4v) is 3.40. The Hall–Kier alpha value is -3.57. The van der Waals surface area contributed by atoms with Gasteiger partial charge in [0, 0.05) is 25.9 Å². The minimum Gasteiger partial charge on any atom is -0.336 e. The quantitative estimate of drug-likeness (QED) is 0.513. The van der Waals surface area contributed by atoms with Gasteiger partial charge in [0.2, 0.25) is 5.95 Å². The number of ketones is 2. The standard InChI is InChI=1S/C19H26N10O2/c1-9(2)27(10(3)4)17-20-18(28-11(5)15(13(7)30)23-25-28)22-19(21-17)29-12(6)16(14(8)31)24-26-29/h9-10H,1-8H3. The van der Waals surface area contributed by atoms with Crippen molar-refractivity contribution in [3.63, 3.8) is 0 Å². The van der Waals surface area contributed by atoms with Gasteiger partial charge in [0.15, 0.2) is 23.0 Å². The Kier molecular flexibility index (Phi) is 5.91. The van der Waals surface area contributed by atoms with E-state index < -0.39 is 0 Å². The first-order chi connectivity index (χ1) is 14.5. The zero-order valence-electron chi connectivity index (χ0n) is 18.9. The highest BCUT2D eigenvalue weighted by Gasteiger charge is 2.24. The van der Waals surface area contributed by atoms with E-state index in [1.54, 1.807) is 13.8 Å². The minimum atomic E-state index is -0.206. The molecule has 0 amide bonds. The molecule has 164 valence electrons. The second kappa shape index (κ2) is 8.28. The summed E-state index contributed by atoms with van der Waals surface area (Å²) < 4.78 is 2.78. The van der Waals surface area contributed by atoms with Gasteiger partial charge >= 0.3 is 0 Å². The molecule has 3 rings (SSSR count). The molecule has 3 aromatic rings. The lowest BCUT2D eigenvalue weighted by Crippen LogP contribution is -2.39. The molecule has 0 aliphatic heterocycles. The molecule has 0 bridgehead atoms. The first-order valence-corrected chi connectivity index (χ1v) is 9.94. The molecule has 0 aromatic carbocycles. The molecule has 0 radical (unpaired) electrons. The van der Waals surface area contributed by atoms with Crippen LogP contribution in [0.4, 0.5) is 5.95 Å². The Morgan fingerprint density at radius 1 is 0.742 bits per heavy atom. The van der Waals surface area contributed by atoms with Crippen molar-refractivity contribution in [1.29, 1.82) is 0 Å². The van der Waals surface area contributed by atoms with Crippen LogP contribution in [-0.2, 0) is 0 Å². The summed E-state index contributed by atoms with van der Waals surface area (Å²) in [6.45, 7) is 14.4. The summed E-state index contributed by atoms with van der Waals surface area (Å²) in [4.78, 5) is 39.4. The van der Waals surface area contributed by atoms with Crippen molar-refractivity contribution in [2.45, 2.75) is 67.5 Å². The fourth-order valence-electron chi connectivity index (χ4n) is 3.40. The fraction of sp³-hybridized carbons (Fsp3) is 0.526.